The van der Waals surface area contributed by atoms with E-state index in [2.05, 4.69) is 26.1 Å². The second-order valence-electron chi connectivity index (χ2n) is 5.09. The lowest BCUT2D eigenvalue weighted by Crippen LogP contribution is -2.36. The number of nitrogens with zero attached hydrogens (tertiary/aromatic N) is 2. The van der Waals surface area contributed by atoms with Crippen LogP contribution in [0.2, 0.25) is 0 Å². The zero-order valence-electron chi connectivity index (χ0n) is 12.1. The van der Waals surface area contributed by atoms with E-state index >= 15 is 0 Å². The van der Waals surface area contributed by atoms with E-state index in [0.29, 0.717) is 0 Å². The molecule has 0 atom stereocenters. The number of rotatable bonds is 5. The van der Waals surface area contributed by atoms with Crippen molar-refractivity contribution in [2.75, 3.05) is 11.9 Å². The second kappa shape index (κ2) is 7.57. The fourth-order valence-electron chi connectivity index (χ4n) is 2.19. The number of amides is 3. The minimum Gasteiger partial charge on any atom is -0.353 e. The molecule has 0 bridgehead atoms. The molecule has 0 aliphatic heterocycles. The minimum absolute atomic E-state index is 0.0787. The number of aromatic nitrogens is 2. The molecular formula is C12H16F3N5O2S. The summed E-state index contributed by atoms with van der Waals surface area (Å²) >= 11 is 0.231. The van der Waals surface area contributed by atoms with E-state index in [1.807, 2.05) is 0 Å². The molecule has 1 fully saturated rings. The van der Waals surface area contributed by atoms with Gasteiger partial charge in [-0.3, -0.25) is 10.1 Å². The van der Waals surface area contributed by atoms with E-state index < -0.39 is 17.2 Å². The Balaban J connectivity index is 1.66. The first-order valence-electron chi connectivity index (χ1n) is 7.09. The fraction of sp³-hybridized carbons (Fsp3) is 0.667. The first-order valence-corrected chi connectivity index (χ1v) is 7.91. The lowest BCUT2D eigenvalue weighted by atomic mass is 10.2. The summed E-state index contributed by atoms with van der Waals surface area (Å²) < 4.78 is 37.0. The Morgan fingerprint density at radius 2 is 1.91 bits per heavy atom. The van der Waals surface area contributed by atoms with Crippen LogP contribution in [0.25, 0.3) is 0 Å². The van der Waals surface area contributed by atoms with Crippen molar-refractivity contribution in [2.24, 2.45) is 0 Å². The number of hydrogen-bond acceptors (Lipinski definition) is 5. The number of urea groups is 1. The van der Waals surface area contributed by atoms with Crippen LogP contribution in [0, 0.1) is 0 Å². The number of carbonyl (C=O) groups is 2. The molecule has 2 rings (SSSR count). The molecule has 23 heavy (non-hydrogen) atoms. The van der Waals surface area contributed by atoms with Crippen LogP contribution < -0.4 is 16.0 Å². The third kappa shape index (κ3) is 5.66. The molecule has 1 aromatic rings. The summed E-state index contributed by atoms with van der Waals surface area (Å²) in [4.78, 5) is 23.1. The fourth-order valence-corrected chi connectivity index (χ4v) is 2.80. The van der Waals surface area contributed by atoms with E-state index in [1.54, 1.807) is 0 Å². The van der Waals surface area contributed by atoms with Gasteiger partial charge in [0.05, 0.1) is 0 Å². The molecule has 0 aromatic carbocycles. The van der Waals surface area contributed by atoms with Crippen LogP contribution in [-0.4, -0.2) is 34.7 Å². The van der Waals surface area contributed by atoms with Gasteiger partial charge in [0.2, 0.25) is 16.0 Å². The number of anilines is 1. The summed E-state index contributed by atoms with van der Waals surface area (Å²) in [5.41, 5.74) is 0. The smallest absolute Gasteiger partial charge is 0.353 e. The average Bonchev–Trinajstić information content (AvgIpc) is 3.09. The maximum absolute atomic E-state index is 12.3. The van der Waals surface area contributed by atoms with E-state index in [4.69, 9.17) is 0 Å². The highest BCUT2D eigenvalue weighted by Gasteiger charge is 2.35. The average molecular weight is 351 g/mol. The SMILES string of the molecule is O=C(CCNC(=O)Nc1nnc(C(F)(F)F)s1)NC1CCCC1. The summed E-state index contributed by atoms with van der Waals surface area (Å²) in [6.07, 6.45) is -0.336. The topological polar surface area (TPSA) is 96.0 Å². The number of alkyl halides is 3. The molecule has 128 valence electrons. The summed E-state index contributed by atoms with van der Waals surface area (Å²) in [6.45, 7) is 0.0787. The highest BCUT2D eigenvalue weighted by molar-refractivity contribution is 7.15. The van der Waals surface area contributed by atoms with Gasteiger partial charge < -0.3 is 10.6 Å². The lowest BCUT2D eigenvalue weighted by molar-refractivity contribution is -0.138. The van der Waals surface area contributed by atoms with E-state index in [1.165, 1.54) is 0 Å². The number of hydrogen-bond donors (Lipinski definition) is 3. The largest absolute Gasteiger partial charge is 0.445 e. The van der Waals surface area contributed by atoms with Gasteiger partial charge in [0, 0.05) is 19.0 Å². The Morgan fingerprint density at radius 3 is 2.52 bits per heavy atom. The van der Waals surface area contributed by atoms with Crippen molar-refractivity contribution in [3.05, 3.63) is 5.01 Å². The van der Waals surface area contributed by atoms with Crippen molar-refractivity contribution < 1.29 is 22.8 Å². The van der Waals surface area contributed by atoms with Crippen molar-refractivity contribution in [1.82, 2.24) is 20.8 Å². The predicted octanol–water partition coefficient (Wildman–Crippen LogP) is 2.13. The van der Waals surface area contributed by atoms with Crippen molar-refractivity contribution in [2.45, 2.75) is 44.3 Å². The highest BCUT2D eigenvalue weighted by Crippen LogP contribution is 2.32. The molecule has 11 heteroatoms. The monoisotopic (exact) mass is 351 g/mol. The first kappa shape index (κ1) is 17.4. The maximum Gasteiger partial charge on any atom is 0.445 e. The van der Waals surface area contributed by atoms with Crippen LogP contribution in [0.3, 0.4) is 0 Å². The Hall–Kier alpha value is -1.91. The molecule has 1 heterocycles. The van der Waals surface area contributed by atoms with Crippen LogP contribution in [-0.2, 0) is 11.0 Å². The van der Waals surface area contributed by atoms with E-state index in [-0.39, 0.29) is 41.4 Å². The highest BCUT2D eigenvalue weighted by atomic mass is 32.1. The van der Waals surface area contributed by atoms with Crippen molar-refractivity contribution in [1.29, 1.82) is 0 Å². The molecule has 1 saturated carbocycles. The number of carbonyl (C=O) groups excluding carboxylic acids is 2. The molecule has 1 aromatic heterocycles. The molecule has 1 aliphatic carbocycles. The van der Waals surface area contributed by atoms with Crippen LogP contribution in [0.1, 0.15) is 37.1 Å². The van der Waals surface area contributed by atoms with Gasteiger partial charge in [0.1, 0.15) is 0 Å². The molecule has 0 spiro atoms. The zero-order chi connectivity index (χ0) is 16.9. The standard InChI is InChI=1S/C12H16F3N5O2S/c13-12(14,15)9-19-20-11(23-9)18-10(22)16-6-5-8(21)17-7-3-1-2-4-7/h7H,1-6H2,(H,17,21)(H2,16,18,20,22). The zero-order valence-corrected chi connectivity index (χ0v) is 12.9. The van der Waals surface area contributed by atoms with Gasteiger partial charge in [-0.25, -0.2) is 4.79 Å². The summed E-state index contributed by atoms with van der Waals surface area (Å²) in [6, 6.07) is -0.526. The van der Waals surface area contributed by atoms with Crippen molar-refractivity contribution in [3.63, 3.8) is 0 Å². The van der Waals surface area contributed by atoms with E-state index in [9.17, 15) is 22.8 Å². The van der Waals surface area contributed by atoms with Gasteiger partial charge >= 0.3 is 12.2 Å². The Kier molecular flexibility index (Phi) is 5.74. The molecule has 3 N–H and O–H groups in total. The van der Waals surface area contributed by atoms with Gasteiger partial charge in [0.15, 0.2) is 0 Å². The molecule has 7 nitrogen and oxygen atoms in total. The van der Waals surface area contributed by atoms with Gasteiger partial charge in [-0.2, -0.15) is 13.2 Å². The second-order valence-corrected chi connectivity index (χ2v) is 6.07. The van der Waals surface area contributed by atoms with Crippen molar-refractivity contribution >= 4 is 28.4 Å². The Morgan fingerprint density at radius 1 is 1.22 bits per heavy atom. The Labute approximate surface area is 134 Å². The van der Waals surface area contributed by atoms with Gasteiger partial charge in [-0.05, 0) is 12.8 Å². The molecule has 1 aliphatic rings. The van der Waals surface area contributed by atoms with E-state index in [0.717, 1.165) is 25.7 Å². The van der Waals surface area contributed by atoms with Crippen LogP contribution in [0.15, 0.2) is 0 Å². The third-order valence-corrected chi connectivity index (χ3v) is 4.13. The van der Waals surface area contributed by atoms with Gasteiger partial charge in [-0.15, -0.1) is 10.2 Å². The molecule has 0 radical (unpaired) electrons. The van der Waals surface area contributed by atoms with Crippen LogP contribution in [0.5, 0.6) is 0 Å². The summed E-state index contributed by atoms with van der Waals surface area (Å²) in [5, 5.41) is 12.2. The molecule has 3 amide bonds. The minimum atomic E-state index is -4.59. The molecule has 0 unspecified atom stereocenters. The molecule has 0 saturated heterocycles. The first-order chi connectivity index (χ1) is 10.8. The summed E-state index contributed by atoms with van der Waals surface area (Å²) in [7, 11) is 0. The maximum atomic E-state index is 12.3. The summed E-state index contributed by atoms with van der Waals surface area (Å²) in [5.74, 6) is -0.160. The number of halogens is 3. The predicted molar refractivity (Wildman–Crippen MR) is 76.9 cm³/mol. The Bertz CT molecular complexity index is 557. The lowest BCUT2D eigenvalue weighted by Gasteiger charge is -2.11. The van der Waals surface area contributed by atoms with Crippen LogP contribution in [0.4, 0.5) is 23.1 Å². The number of nitrogens with one attached hydrogen (secondary N) is 3. The van der Waals surface area contributed by atoms with Gasteiger partial charge in [0.25, 0.3) is 0 Å². The third-order valence-electron chi connectivity index (χ3n) is 3.25. The normalized spacial score (nSPS) is 15.4. The quantitative estimate of drug-likeness (QED) is 0.757. The van der Waals surface area contributed by atoms with Crippen molar-refractivity contribution in [3.8, 4) is 0 Å². The molecular weight excluding hydrogens is 335 g/mol. The van der Waals surface area contributed by atoms with Crippen LogP contribution >= 0.6 is 11.3 Å². The van der Waals surface area contributed by atoms with Gasteiger partial charge in [-0.1, -0.05) is 24.2 Å².